The predicted octanol–water partition coefficient (Wildman–Crippen LogP) is 4.56. The van der Waals surface area contributed by atoms with Crippen LogP contribution in [0.3, 0.4) is 0 Å². The Morgan fingerprint density at radius 1 is 0.886 bits per heavy atom. The summed E-state index contributed by atoms with van der Waals surface area (Å²) in [6, 6.07) is 21.5. The third kappa shape index (κ3) is 5.67. The van der Waals surface area contributed by atoms with Gasteiger partial charge in [-0.15, -0.1) is 0 Å². The number of halogens is 1. The van der Waals surface area contributed by atoms with E-state index in [1.807, 2.05) is 31.2 Å². The van der Waals surface area contributed by atoms with Gasteiger partial charge in [-0.1, -0.05) is 48.0 Å². The first-order valence-electron chi connectivity index (χ1n) is 10.9. The molecule has 7 nitrogen and oxygen atoms in total. The van der Waals surface area contributed by atoms with Gasteiger partial charge < -0.3 is 10.6 Å². The van der Waals surface area contributed by atoms with E-state index in [4.69, 9.17) is 0 Å². The second kappa shape index (κ2) is 10.1. The van der Waals surface area contributed by atoms with E-state index in [1.165, 1.54) is 24.3 Å². The summed E-state index contributed by atoms with van der Waals surface area (Å²) < 4.78 is 14.4. The third-order valence-electron chi connectivity index (χ3n) is 5.36. The number of anilines is 2. The van der Waals surface area contributed by atoms with E-state index in [2.05, 4.69) is 15.7 Å². The summed E-state index contributed by atoms with van der Waals surface area (Å²) in [7, 11) is 0. The SMILES string of the molecule is Cc1ccc(-c2cc(NC(=O)c3ccccc3)c(=O)n(CC(=O)Nc3ccc(F)cc3C)n2)cc1. The molecule has 0 unspecified atom stereocenters. The van der Waals surface area contributed by atoms with Crippen molar-refractivity contribution in [3.63, 3.8) is 0 Å². The van der Waals surface area contributed by atoms with Gasteiger partial charge in [0, 0.05) is 16.8 Å². The van der Waals surface area contributed by atoms with Crippen LogP contribution in [0.2, 0.25) is 0 Å². The van der Waals surface area contributed by atoms with Crippen molar-refractivity contribution in [3.05, 3.63) is 112 Å². The Bertz CT molecular complexity index is 1450. The molecule has 4 aromatic rings. The van der Waals surface area contributed by atoms with E-state index >= 15 is 0 Å². The molecule has 2 amide bonds. The van der Waals surface area contributed by atoms with Gasteiger partial charge in [0.2, 0.25) is 5.91 Å². The van der Waals surface area contributed by atoms with E-state index in [-0.39, 0.29) is 5.69 Å². The lowest BCUT2D eigenvalue weighted by atomic mass is 10.1. The van der Waals surface area contributed by atoms with Crippen molar-refractivity contribution in [1.82, 2.24) is 9.78 Å². The number of carbonyl (C=O) groups is 2. The molecule has 8 heteroatoms. The lowest BCUT2D eigenvalue weighted by Crippen LogP contribution is -2.32. The van der Waals surface area contributed by atoms with Crippen LogP contribution in [0.25, 0.3) is 11.3 Å². The van der Waals surface area contributed by atoms with Crippen LogP contribution >= 0.6 is 0 Å². The molecular formula is C27H23FN4O3. The van der Waals surface area contributed by atoms with Gasteiger partial charge in [0.15, 0.2) is 0 Å². The van der Waals surface area contributed by atoms with Crippen molar-refractivity contribution in [2.24, 2.45) is 0 Å². The van der Waals surface area contributed by atoms with Gasteiger partial charge in [-0.25, -0.2) is 9.07 Å². The largest absolute Gasteiger partial charge is 0.324 e. The highest BCUT2D eigenvalue weighted by atomic mass is 19.1. The molecule has 0 aliphatic carbocycles. The summed E-state index contributed by atoms with van der Waals surface area (Å²) >= 11 is 0. The maximum atomic E-state index is 13.4. The monoisotopic (exact) mass is 470 g/mol. The first-order valence-corrected chi connectivity index (χ1v) is 10.9. The van der Waals surface area contributed by atoms with Gasteiger partial charge in [-0.2, -0.15) is 5.10 Å². The van der Waals surface area contributed by atoms with E-state index in [9.17, 15) is 18.8 Å². The highest BCUT2D eigenvalue weighted by molar-refractivity contribution is 6.04. The minimum absolute atomic E-state index is 0.00445. The van der Waals surface area contributed by atoms with Crippen molar-refractivity contribution in [3.8, 4) is 11.3 Å². The maximum Gasteiger partial charge on any atom is 0.291 e. The molecule has 176 valence electrons. The number of aromatic nitrogens is 2. The maximum absolute atomic E-state index is 13.4. The number of hydrogen-bond donors (Lipinski definition) is 2. The average Bonchev–Trinajstić information content (AvgIpc) is 2.84. The van der Waals surface area contributed by atoms with Crippen LogP contribution < -0.4 is 16.2 Å². The Kier molecular flexibility index (Phi) is 6.82. The predicted molar refractivity (Wildman–Crippen MR) is 133 cm³/mol. The fourth-order valence-corrected chi connectivity index (χ4v) is 3.48. The first-order chi connectivity index (χ1) is 16.8. The normalized spacial score (nSPS) is 10.6. The summed E-state index contributed by atoms with van der Waals surface area (Å²) in [6.07, 6.45) is 0. The van der Waals surface area contributed by atoms with Gasteiger partial charge in [-0.3, -0.25) is 14.4 Å². The second-order valence-electron chi connectivity index (χ2n) is 8.10. The fraction of sp³-hybridized carbons (Fsp3) is 0.111. The van der Waals surface area contributed by atoms with Gasteiger partial charge in [-0.05, 0) is 55.8 Å². The molecule has 0 spiro atoms. The number of amides is 2. The van der Waals surface area contributed by atoms with Gasteiger partial charge >= 0.3 is 0 Å². The quantitative estimate of drug-likeness (QED) is 0.432. The number of benzene rings is 3. The van der Waals surface area contributed by atoms with Crippen LogP contribution in [0.1, 0.15) is 21.5 Å². The smallest absolute Gasteiger partial charge is 0.291 e. The molecule has 0 radical (unpaired) electrons. The number of nitrogens with zero attached hydrogens (tertiary/aromatic N) is 2. The van der Waals surface area contributed by atoms with Crippen LogP contribution in [0.5, 0.6) is 0 Å². The Hall–Kier alpha value is -4.59. The van der Waals surface area contributed by atoms with E-state index in [1.54, 1.807) is 37.3 Å². The lowest BCUT2D eigenvalue weighted by Gasteiger charge is -2.13. The Labute approximate surface area is 201 Å². The summed E-state index contributed by atoms with van der Waals surface area (Å²) in [6.45, 7) is 3.22. The lowest BCUT2D eigenvalue weighted by molar-refractivity contribution is -0.117. The molecular weight excluding hydrogens is 447 g/mol. The molecule has 0 aliphatic rings. The van der Waals surface area contributed by atoms with Crippen LogP contribution in [0, 0.1) is 19.7 Å². The summed E-state index contributed by atoms with van der Waals surface area (Å²) in [5.74, 6) is -1.39. The van der Waals surface area contributed by atoms with Crippen LogP contribution in [-0.4, -0.2) is 21.6 Å². The number of aryl methyl sites for hydroxylation is 2. The van der Waals surface area contributed by atoms with Crippen molar-refractivity contribution >= 4 is 23.2 Å². The topological polar surface area (TPSA) is 93.1 Å². The average molecular weight is 471 g/mol. The molecule has 35 heavy (non-hydrogen) atoms. The summed E-state index contributed by atoms with van der Waals surface area (Å²) in [5.41, 5.74) is 2.91. The number of nitrogens with one attached hydrogen (secondary N) is 2. The van der Waals surface area contributed by atoms with E-state index < -0.39 is 29.7 Å². The van der Waals surface area contributed by atoms with Crippen LogP contribution in [0.4, 0.5) is 15.8 Å². The van der Waals surface area contributed by atoms with Gasteiger partial charge in [0.1, 0.15) is 18.0 Å². The summed E-state index contributed by atoms with van der Waals surface area (Å²) in [4.78, 5) is 38.6. The van der Waals surface area contributed by atoms with Crippen molar-refractivity contribution in [2.75, 3.05) is 10.6 Å². The van der Waals surface area contributed by atoms with Crippen molar-refractivity contribution in [2.45, 2.75) is 20.4 Å². The van der Waals surface area contributed by atoms with Gasteiger partial charge in [0.05, 0.1) is 5.69 Å². The van der Waals surface area contributed by atoms with Crippen molar-refractivity contribution < 1.29 is 14.0 Å². The molecule has 4 rings (SSSR count). The fourth-order valence-electron chi connectivity index (χ4n) is 3.48. The number of rotatable bonds is 6. The standard InChI is InChI=1S/C27H23FN4O3/c1-17-8-10-19(11-9-17)23-15-24(30-26(34)20-6-4-3-5-7-20)27(35)32(31-23)16-25(33)29-22-13-12-21(28)14-18(22)2/h3-15H,16H2,1-2H3,(H,29,33)(H,30,34). The molecule has 0 bridgehead atoms. The molecule has 3 aromatic carbocycles. The highest BCUT2D eigenvalue weighted by Crippen LogP contribution is 2.20. The molecule has 1 heterocycles. The molecule has 0 fully saturated rings. The molecule has 1 aromatic heterocycles. The highest BCUT2D eigenvalue weighted by Gasteiger charge is 2.16. The minimum atomic E-state index is -0.629. The Balaban J connectivity index is 1.68. The van der Waals surface area contributed by atoms with E-state index in [0.717, 1.165) is 10.2 Å². The van der Waals surface area contributed by atoms with Crippen LogP contribution in [0.15, 0.2) is 83.7 Å². The third-order valence-corrected chi connectivity index (χ3v) is 5.36. The van der Waals surface area contributed by atoms with Crippen LogP contribution in [-0.2, 0) is 11.3 Å². The minimum Gasteiger partial charge on any atom is -0.324 e. The second-order valence-corrected chi connectivity index (χ2v) is 8.10. The number of carbonyl (C=O) groups excluding carboxylic acids is 2. The summed E-state index contributed by atoms with van der Waals surface area (Å²) in [5, 5.41) is 9.68. The molecule has 0 saturated carbocycles. The molecule has 0 saturated heterocycles. The Morgan fingerprint density at radius 3 is 2.29 bits per heavy atom. The molecule has 0 aliphatic heterocycles. The van der Waals surface area contributed by atoms with E-state index in [0.29, 0.717) is 28.1 Å². The van der Waals surface area contributed by atoms with Crippen molar-refractivity contribution in [1.29, 1.82) is 0 Å². The van der Waals surface area contributed by atoms with Gasteiger partial charge in [0.25, 0.3) is 11.5 Å². The zero-order valence-electron chi connectivity index (χ0n) is 19.2. The zero-order valence-corrected chi connectivity index (χ0v) is 19.2. The zero-order chi connectivity index (χ0) is 24.9. The molecule has 0 atom stereocenters. The molecule has 2 N–H and O–H groups in total. The number of hydrogen-bond acceptors (Lipinski definition) is 4. The Morgan fingerprint density at radius 2 is 1.60 bits per heavy atom. The first kappa shape index (κ1) is 23.6.